The van der Waals surface area contributed by atoms with Crippen LogP contribution in [0.4, 0.5) is 0 Å². The van der Waals surface area contributed by atoms with Gasteiger partial charge in [-0.1, -0.05) is 24.3 Å². The van der Waals surface area contributed by atoms with Gasteiger partial charge in [0.1, 0.15) is 23.5 Å². The van der Waals surface area contributed by atoms with Gasteiger partial charge in [0.25, 0.3) is 23.6 Å². The highest BCUT2D eigenvalue weighted by atomic mass is 16.5. The fourth-order valence-electron chi connectivity index (χ4n) is 2.88. The molecule has 182 valence electrons. The van der Waals surface area contributed by atoms with Gasteiger partial charge >= 0.3 is 5.97 Å². The molecule has 7 N–H and O–H groups in total. The SMILES string of the molecule is COc1cccc(C(O)(O)NC(=O)c2cc(C(=O)NC(O)(O)c3ccc(C(=O)O)cc3)ncn2)c1. The van der Waals surface area contributed by atoms with Gasteiger partial charge in [-0.05, 0) is 24.3 Å². The summed E-state index contributed by atoms with van der Waals surface area (Å²) in [6.45, 7) is 0. The molecule has 13 heteroatoms. The van der Waals surface area contributed by atoms with E-state index in [0.29, 0.717) is 5.75 Å². The molecule has 3 rings (SSSR count). The summed E-state index contributed by atoms with van der Waals surface area (Å²) in [5.74, 6) is -8.85. The molecule has 0 radical (unpaired) electrons. The van der Waals surface area contributed by atoms with Gasteiger partial charge in [-0.2, -0.15) is 0 Å². The highest BCUT2D eigenvalue weighted by Gasteiger charge is 2.32. The largest absolute Gasteiger partial charge is 0.497 e. The summed E-state index contributed by atoms with van der Waals surface area (Å²) >= 11 is 0. The molecule has 1 heterocycles. The molecule has 0 fully saturated rings. The first kappa shape index (κ1) is 25.2. The lowest BCUT2D eigenvalue weighted by Crippen LogP contribution is -2.47. The lowest BCUT2D eigenvalue weighted by molar-refractivity contribution is -0.186. The predicted octanol–water partition coefficient (Wildman–Crippen LogP) is -0.767. The number of benzene rings is 2. The molecule has 0 atom stereocenters. The summed E-state index contributed by atoms with van der Waals surface area (Å²) in [4.78, 5) is 43.3. The summed E-state index contributed by atoms with van der Waals surface area (Å²) in [7, 11) is 1.38. The molecule has 0 aliphatic heterocycles. The second-order valence-electron chi connectivity index (χ2n) is 7.16. The molecule has 0 unspecified atom stereocenters. The third-order valence-corrected chi connectivity index (χ3v) is 4.71. The van der Waals surface area contributed by atoms with Crippen molar-refractivity contribution in [1.82, 2.24) is 20.6 Å². The van der Waals surface area contributed by atoms with E-state index in [1.165, 1.54) is 25.3 Å². The number of carbonyl (C=O) groups excluding carboxylic acids is 2. The second-order valence-corrected chi connectivity index (χ2v) is 7.16. The molecule has 0 aliphatic rings. The topological polar surface area (TPSA) is 211 Å². The first-order chi connectivity index (χ1) is 16.4. The van der Waals surface area contributed by atoms with Crippen LogP contribution in [0.2, 0.25) is 0 Å². The van der Waals surface area contributed by atoms with E-state index < -0.39 is 41.0 Å². The van der Waals surface area contributed by atoms with Gasteiger partial charge in [0.2, 0.25) is 0 Å². The molecule has 35 heavy (non-hydrogen) atoms. The van der Waals surface area contributed by atoms with Gasteiger partial charge in [0, 0.05) is 17.2 Å². The molecule has 0 saturated heterocycles. The summed E-state index contributed by atoms with van der Waals surface area (Å²) in [6.07, 6.45) is 0.837. The van der Waals surface area contributed by atoms with Gasteiger partial charge in [0.15, 0.2) is 0 Å². The van der Waals surface area contributed by atoms with Crippen molar-refractivity contribution in [3.05, 3.63) is 89.0 Å². The van der Waals surface area contributed by atoms with Gasteiger partial charge in [-0.15, -0.1) is 0 Å². The number of methoxy groups -OCH3 is 1. The van der Waals surface area contributed by atoms with Crippen molar-refractivity contribution in [3.63, 3.8) is 0 Å². The van der Waals surface area contributed by atoms with Crippen LogP contribution >= 0.6 is 0 Å². The molecule has 0 bridgehead atoms. The zero-order valence-electron chi connectivity index (χ0n) is 18.0. The average Bonchev–Trinajstić information content (AvgIpc) is 2.83. The van der Waals surface area contributed by atoms with Crippen molar-refractivity contribution >= 4 is 17.8 Å². The fraction of sp³-hybridized carbons (Fsp3) is 0.136. The number of hydrogen-bond donors (Lipinski definition) is 7. The first-order valence-corrected chi connectivity index (χ1v) is 9.78. The Morgan fingerprint density at radius 1 is 0.800 bits per heavy atom. The van der Waals surface area contributed by atoms with Crippen molar-refractivity contribution in [3.8, 4) is 5.75 Å². The average molecular weight is 484 g/mol. The van der Waals surface area contributed by atoms with E-state index in [0.717, 1.165) is 36.7 Å². The predicted molar refractivity (Wildman–Crippen MR) is 116 cm³/mol. The quantitative estimate of drug-likeness (QED) is 0.197. The molecular formula is C22H20N4O9. The van der Waals surface area contributed by atoms with Crippen LogP contribution in [0.25, 0.3) is 0 Å². The third kappa shape index (κ3) is 5.93. The minimum Gasteiger partial charge on any atom is -0.497 e. The highest BCUT2D eigenvalue weighted by molar-refractivity contribution is 5.97. The Hall–Kier alpha value is -4.43. The van der Waals surface area contributed by atoms with Gasteiger partial charge < -0.3 is 30.3 Å². The number of aromatic carboxylic acids is 1. The molecule has 2 amide bonds. The van der Waals surface area contributed by atoms with Crippen LogP contribution in [0, 0.1) is 0 Å². The minimum absolute atomic E-state index is 0.111. The second kappa shape index (κ2) is 9.82. The maximum atomic E-state index is 12.5. The zero-order valence-corrected chi connectivity index (χ0v) is 18.0. The lowest BCUT2D eigenvalue weighted by atomic mass is 10.1. The fourth-order valence-corrected chi connectivity index (χ4v) is 2.88. The van der Waals surface area contributed by atoms with E-state index in [2.05, 4.69) is 9.97 Å². The number of nitrogens with one attached hydrogen (secondary N) is 2. The van der Waals surface area contributed by atoms with Gasteiger partial charge in [0.05, 0.1) is 12.7 Å². The molecular weight excluding hydrogens is 464 g/mol. The molecule has 1 aromatic heterocycles. The summed E-state index contributed by atoms with van der Waals surface area (Å²) in [5, 5.41) is 53.8. The molecule has 2 aromatic carbocycles. The number of amides is 2. The van der Waals surface area contributed by atoms with Crippen LogP contribution < -0.4 is 15.4 Å². The monoisotopic (exact) mass is 484 g/mol. The molecule has 13 nitrogen and oxygen atoms in total. The number of aliphatic hydroxyl groups is 4. The van der Waals surface area contributed by atoms with Crippen LogP contribution in [0.5, 0.6) is 5.75 Å². The minimum atomic E-state index is -2.90. The Morgan fingerprint density at radius 2 is 1.34 bits per heavy atom. The summed E-state index contributed by atoms with van der Waals surface area (Å²) in [5.41, 5.74) is -1.36. The Balaban J connectivity index is 1.75. The Kier molecular flexibility index (Phi) is 7.07. The van der Waals surface area contributed by atoms with Crippen LogP contribution in [0.1, 0.15) is 42.5 Å². The number of carboxylic acid groups (broad SMARTS) is 1. The zero-order chi connectivity index (χ0) is 25.8. The van der Waals surface area contributed by atoms with Gasteiger partial charge in [-0.25, -0.2) is 14.8 Å². The summed E-state index contributed by atoms with van der Waals surface area (Å²) in [6, 6.07) is 10.9. The van der Waals surface area contributed by atoms with Crippen molar-refractivity contribution in [2.75, 3.05) is 7.11 Å². The van der Waals surface area contributed by atoms with E-state index in [1.54, 1.807) is 6.07 Å². The molecule has 3 aromatic rings. The maximum Gasteiger partial charge on any atom is 0.335 e. The van der Waals surface area contributed by atoms with Crippen molar-refractivity contribution in [1.29, 1.82) is 0 Å². The number of ether oxygens (including phenoxy) is 1. The van der Waals surface area contributed by atoms with Crippen molar-refractivity contribution < 1.29 is 44.7 Å². The molecule has 0 aliphatic carbocycles. The summed E-state index contributed by atoms with van der Waals surface area (Å²) < 4.78 is 5.00. The third-order valence-electron chi connectivity index (χ3n) is 4.71. The molecule has 0 saturated carbocycles. The van der Waals surface area contributed by atoms with E-state index in [4.69, 9.17) is 9.84 Å². The van der Waals surface area contributed by atoms with E-state index in [-0.39, 0.29) is 16.7 Å². The van der Waals surface area contributed by atoms with Crippen LogP contribution in [-0.4, -0.2) is 60.4 Å². The van der Waals surface area contributed by atoms with E-state index >= 15 is 0 Å². The molecule has 0 spiro atoms. The number of aromatic nitrogens is 2. The lowest BCUT2D eigenvalue weighted by Gasteiger charge is -2.24. The number of hydrogen-bond acceptors (Lipinski definition) is 10. The Labute approximate surface area is 197 Å². The Morgan fingerprint density at radius 3 is 1.86 bits per heavy atom. The first-order valence-electron chi connectivity index (χ1n) is 9.78. The van der Waals surface area contributed by atoms with Gasteiger partial charge in [-0.3, -0.25) is 20.2 Å². The highest BCUT2D eigenvalue weighted by Crippen LogP contribution is 2.21. The van der Waals surface area contributed by atoms with Crippen LogP contribution in [0.15, 0.2) is 60.9 Å². The normalized spacial score (nSPS) is 11.5. The van der Waals surface area contributed by atoms with E-state index in [1.807, 2.05) is 10.6 Å². The maximum absolute atomic E-state index is 12.5. The van der Waals surface area contributed by atoms with Crippen molar-refractivity contribution in [2.24, 2.45) is 0 Å². The van der Waals surface area contributed by atoms with Crippen molar-refractivity contribution in [2.45, 2.75) is 11.8 Å². The number of rotatable bonds is 8. The Bertz CT molecular complexity index is 1260. The number of carbonyl (C=O) groups is 3. The smallest absolute Gasteiger partial charge is 0.335 e. The van der Waals surface area contributed by atoms with Crippen LogP contribution in [0.3, 0.4) is 0 Å². The number of carboxylic acids is 1. The number of nitrogens with zero attached hydrogens (tertiary/aromatic N) is 2. The standard InChI is InChI=1S/C22H20N4O9/c1-35-15-4-2-3-14(9-15)22(33,34)26-19(28)17-10-16(23-11-24-17)18(27)25-21(31,32)13-7-5-12(6-8-13)20(29)30/h2-11,31-34H,1H3,(H,25,27)(H,26,28)(H,29,30). The van der Waals surface area contributed by atoms with E-state index in [9.17, 15) is 34.8 Å². The van der Waals surface area contributed by atoms with Crippen LogP contribution in [-0.2, 0) is 11.8 Å².